The van der Waals surface area contributed by atoms with E-state index in [2.05, 4.69) is 30.3 Å². The quantitative estimate of drug-likeness (QED) is 0.265. The van der Waals surface area contributed by atoms with Crippen LogP contribution in [0.25, 0.3) is 22.0 Å². The second-order valence-corrected chi connectivity index (χ2v) is 11.4. The molecule has 2 aromatic heterocycles. The minimum absolute atomic E-state index is 0.0366. The fraction of sp³-hybridized carbons (Fsp3) is 0.321. The molecule has 0 aliphatic carbocycles. The summed E-state index contributed by atoms with van der Waals surface area (Å²) in [6, 6.07) is 14.1. The number of rotatable bonds is 9. The molecular weight excluding hydrogens is 519 g/mol. The van der Waals surface area contributed by atoms with Gasteiger partial charge >= 0.3 is 0 Å². The largest absolute Gasteiger partial charge is 0.437 e. The van der Waals surface area contributed by atoms with E-state index < -0.39 is 22.2 Å². The number of fused-ring (bicyclic) bond motifs is 1. The first-order chi connectivity index (χ1) is 18.8. The topological polar surface area (TPSA) is 118 Å². The summed E-state index contributed by atoms with van der Waals surface area (Å²) in [5.74, 6) is 1.25. The number of piperidine rings is 1. The molecule has 9 nitrogen and oxygen atoms in total. The Hall–Kier alpha value is -3.83. The Labute approximate surface area is 227 Å². The predicted octanol–water partition coefficient (Wildman–Crippen LogP) is 5.06. The van der Waals surface area contributed by atoms with Crippen LogP contribution in [0.15, 0.2) is 60.9 Å². The number of anilines is 2. The number of benzene rings is 2. The zero-order valence-electron chi connectivity index (χ0n) is 21.8. The average molecular weight is 551 g/mol. The lowest BCUT2D eigenvalue weighted by Crippen LogP contribution is -2.46. The van der Waals surface area contributed by atoms with E-state index >= 15 is 0 Å². The van der Waals surface area contributed by atoms with Gasteiger partial charge in [0, 0.05) is 29.7 Å². The Morgan fingerprint density at radius 2 is 1.95 bits per heavy atom. The molecule has 0 amide bonds. The maximum Gasteiger partial charge on any atom is 0.232 e. The summed E-state index contributed by atoms with van der Waals surface area (Å²) in [6.07, 6.45) is 3.21. The van der Waals surface area contributed by atoms with Crippen molar-refractivity contribution >= 4 is 32.4 Å². The molecule has 3 N–H and O–H groups in total. The van der Waals surface area contributed by atoms with E-state index in [4.69, 9.17) is 4.74 Å². The highest BCUT2D eigenvalue weighted by atomic mass is 32.2. The van der Waals surface area contributed by atoms with Crippen LogP contribution in [-0.4, -0.2) is 54.4 Å². The van der Waals surface area contributed by atoms with E-state index in [-0.39, 0.29) is 5.75 Å². The number of nitrogens with zero attached hydrogens (tertiary/aromatic N) is 3. The third-order valence-electron chi connectivity index (χ3n) is 6.56. The molecule has 0 spiro atoms. The Morgan fingerprint density at radius 1 is 1.08 bits per heavy atom. The molecule has 39 heavy (non-hydrogen) atoms. The van der Waals surface area contributed by atoms with Gasteiger partial charge in [-0.2, -0.15) is 0 Å². The number of hydrogen-bond acceptors (Lipinski definition) is 8. The molecule has 204 valence electrons. The molecule has 0 unspecified atom stereocenters. The molecular formula is C28H31FN6O3S. The monoisotopic (exact) mass is 550 g/mol. The minimum atomic E-state index is -3.47. The van der Waals surface area contributed by atoms with Gasteiger partial charge < -0.3 is 15.4 Å². The van der Waals surface area contributed by atoms with Crippen LogP contribution in [-0.2, 0) is 10.0 Å². The van der Waals surface area contributed by atoms with Crippen LogP contribution in [0.4, 0.5) is 16.0 Å². The first kappa shape index (κ1) is 26.8. The highest BCUT2D eigenvalue weighted by molar-refractivity contribution is 7.92. The van der Waals surface area contributed by atoms with Gasteiger partial charge in [-0.3, -0.25) is 4.72 Å². The van der Waals surface area contributed by atoms with E-state index in [1.165, 1.54) is 0 Å². The van der Waals surface area contributed by atoms with Gasteiger partial charge in [0.1, 0.15) is 11.9 Å². The van der Waals surface area contributed by atoms with Crippen molar-refractivity contribution in [3.63, 3.8) is 0 Å². The van der Waals surface area contributed by atoms with Crippen LogP contribution < -0.4 is 20.1 Å². The van der Waals surface area contributed by atoms with Crippen molar-refractivity contribution < 1.29 is 17.5 Å². The summed E-state index contributed by atoms with van der Waals surface area (Å²) >= 11 is 0. The third kappa shape index (κ3) is 6.10. The summed E-state index contributed by atoms with van der Waals surface area (Å²) in [4.78, 5) is 13.4. The Morgan fingerprint density at radius 3 is 2.77 bits per heavy atom. The summed E-state index contributed by atoms with van der Waals surface area (Å²) in [5, 5.41) is 7.74. The third-order valence-corrected chi connectivity index (χ3v) is 8.04. The highest BCUT2D eigenvalue weighted by Gasteiger charge is 2.25. The molecule has 2 atom stereocenters. The van der Waals surface area contributed by atoms with E-state index in [9.17, 15) is 12.8 Å². The van der Waals surface area contributed by atoms with Crippen LogP contribution in [0.5, 0.6) is 11.6 Å². The van der Waals surface area contributed by atoms with Gasteiger partial charge in [-0.1, -0.05) is 31.2 Å². The number of nitrogens with one attached hydrogen (secondary N) is 3. The summed E-state index contributed by atoms with van der Waals surface area (Å²) in [6.45, 7) is 4.89. The van der Waals surface area contributed by atoms with Crippen LogP contribution in [0.1, 0.15) is 25.3 Å². The lowest BCUT2D eigenvalue weighted by molar-refractivity contribution is 0.240. The number of sulfonamides is 1. The van der Waals surface area contributed by atoms with Crippen LogP contribution in [0.3, 0.4) is 0 Å². The number of pyridine rings is 1. The van der Waals surface area contributed by atoms with Crippen molar-refractivity contribution in [2.45, 2.75) is 38.9 Å². The molecule has 0 radical (unpaired) electrons. The lowest BCUT2D eigenvalue weighted by Gasteiger charge is -2.27. The maximum absolute atomic E-state index is 14.4. The average Bonchev–Trinajstić information content (AvgIpc) is 2.92. The highest BCUT2D eigenvalue weighted by Crippen LogP contribution is 2.38. The predicted molar refractivity (Wildman–Crippen MR) is 152 cm³/mol. The van der Waals surface area contributed by atoms with Crippen molar-refractivity contribution in [3.8, 4) is 22.9 Å². The molecule has 1 fully saturated rings. The molecule has 1 saturated heterocycles. The summed E-state index contributed by atoms with van der Waals surface area (Å²) in [7, 11) is -3.47. The Kier molecular flexibility index (Phi) is 7.89. The van der Waals surface area contributed by atoms with Crippen molar-refractivity contribution in [2.75, 3.05) is 28.9 Å². The summed E-state index contributed by atoms with van der Waals surface area (Å²) < 4.78 is 48.4. The number of alkyl halides is 1. The van der Waals surface area contributed by atoms with Gasteiger partial charge in [-0.05, 0) is 56.1 Å². The van der Waals surface area contributed by atoms with Gasteiger partial charge in [-0.15, -0.1) is 0 Å². The number of halogens is 1. The fourth-order valence-corrected chi connectivity index (χ4v) is 5.78. The van der Waals surface area contributed by atoms with E-state index in [1.54, 1.807) is 36.7 Å². The van der Waals surface area contributed by atoms with Crippen molar-refractivity contribution in [2.24, 2.45) is 0 Å². The second kappa shape index (κ2) is 11.5. The van der Waals surface area contributed by atoms with Gasteiger partial charge in [0.2, 0.25) is 21.9 Å². The zero-order chi connectivity index (χ0) is 27.4. The molecule has 3 heterocycles. The van der Waals surface area contributed by atoms with Gasteiger partial charge in [0.15, 0.2) is 0 Å². The molecule has 5 rings (SSSR count). The van der Waals surface area contributed by atoms with Crippen LogP contribution in [0, 0.1) is 6.92 Å². The molecule has 1 aliphatic rings. The van der Waals surface area contributed by atoms with E-state index in [0.717, 1.165) is 10.9 Å². The molecule has 2 aromatic carbocycles. The number of ether oxygens (including phenoxy) is 1. The smallest absolute Gasteiger partial charge is 0.232 e. The van der Waals surface area contributed by atoms with Crippen molar-refractivity contribution in [1.82, 2.24) is 20.3 Å². The van der Waals surface area contributed by atoms with E-state index in [1.807, 2.05) is 38.1 Å². The van der Waals surface area contributed by atoms with Crippen LogP contribution >= 0.6 is 0 Å². The van der Waals surface area contributed by atoms with Crippen molar-refractivity contribution in [3.05, 3.63) is 66.5 Å². The fourth-order valence-electron chi connectivity index (χ4n) is 4.63. The SMILES string of the molecule is CCCS(=O)(=O)Nc1cccc2c(Oc3ncccc3-c3ccnc(N[C@@H]4CNCC[C@H]4F)n3)c(C)ccc12. The van der Waals surface area contributed by atoms with Gasteiger partial charge in [-0.25, -0.2) is 27.8 Å². The standard InChI is InChI=1S/C28H31FN6O3S/c1-3-16-39(36,37)35-24-8-4-6-20-19(24)10-9-18(2)26(20)38-27-21(7-5-13-31-27)23-12-15-32-28(33-23)34-25-17-30-14-11-22(25)29/h4-10,12-13,15,22,25,30,35H,3,11,14,16-17H2,1-2H3,(H,32,33,34)/t22-,25-/m1/s1. The maximum atomic E-state index is 14.4. The minimum Gasteiger partial charge on any atom is -0.437 e. The number of aromatic nitrogens is 3. The zero-order valence-corrected chi connectivity index (χ0v) is 22.6. The molecule has 0 saturated carbocycles. The molecule has 1 aliphatic heterocycles. The van der Waals surface area contributed by atoms with Gasteiger partial charge in [0.05, 0.1) is 28.7 Å². The molecule has 0 bridgehead atoms. The van der Waals surface area contributed by atoms with Crippen molar-refractivity contribution in [1.29, 1.82) is 0 Å². The Bertz CT molecular complexity index is 1580. The first-order valence-corrected chi connectivity index (χ1v) is 14.6. The first-order valence-electron chi connectivity index (χ1n) is 12.9. The summed E-state index contributed by atoms with van der Waals surface area (Å²) in [5.41, 5.74) is 2.55. The molecule has 4 aromatic rings. The second-order valence-electron chi connectivity index (χ2n) is 9.52. The Balaban J connectivity index is 1.48. The number of hydrogen-bond donors (Lipinski definition) is 3. The van der Waals surface area contributed by atoms with E-state index in [0.29, 0.717) is 65.8 Å². The van der Waals surface area contributed by atoms with Crippen LogP contribution in [0.2, 0.25) is 0 Å². The number of aryl methyl sites for hydroxylation is 1. The van der Waals surface area contributed by atoms with Gasteiger partial charge in [0.25, 0.3) is 0 Å². The lowest BCUT2D eigenvalue weighted by atomic mass is 10.0. The molecule has 11 heteroatoms. The normalized spacial score (nSPS) is 17.6.